The third-order valence-electron chi connectivity index (χ3n) is 4.75. The van der Waals surface area contributed by atoms with E-state index in [9.17, 15) is 19.1 Å². The number of halogens is 3. The third kappa shape index (κ3) is 6.12. The summed E-state index contributed by atoms with van der Waals surface area (Å²) in [6.07, 6.45) is 1.34. The van der Waals surface area contributed by atoms with Crippen LogP contribution in [0.25, 0.3) is 0 Å². The number of nitrogens with one attached hydrogen (secondary N) is 1. The first-order valence-electron chi connectivity index (χ1n) is 9.67. The van der Waals surface area contributed by atoms with E-state index >= 15 is 0 Å². The first kappa shape index (κ1) is 22.9. The van der Waals surface area contributed by atoms with Crippen LogP contribution in [0.5, 0.6) is 5.75 Å². The van der Waals surface area contributed by atoms with Crippen LogP contribution in [0.4, 0.5) is 4.39 Å². The number of ether oxygens (including phenoxy) is 1. The fourth-order valence-electron chi connectivity index (χ4n) is 3.08. The molecule has 0 saturated heterocycles. The number of carbonyl (C=O) groups excluding carboxylic acids is 2. The van der Waals surface area contributed by atoms with Crippen molar-refractivity contribution in [1.29, 1.82) is 0 Å². The number of amides is 2. The highest BCUT2D eigenvalue weighted by Gasteiger charge is 2.33. The molecule has 3 rings (SSSR count). The number of carbonyl (C=O) groups is 2. The van der Waals surface area contributed by atoms with E-state index in [-0.39, 0.29) is 31.1 Å². The molecule has 0 radical (unpaired) electrons. The monoisotopic (exact) mass is 466 g/mol. The number of rotatable bonds is 9. The predicted octanol–water partition coefficient (Wildman–Crippen LogP) is 3.91. The van der Waals surface area contributed by atoms with Gasteiger partial charge in [-0.05, 0) is 54.8 Å². The molecule has 0 spiro atoms. The molecule has 1 aliphatic rings. The summed E-state index contributed by atoms with van der Waals surface area (Å²) in [5.41, 5.74) is 1.02. The summed E-state index contributed by atoms with van der Waals surface area (Å²) < 4.78 is 18.4. The van der Waals surface area contributed by atoms with E-state index in [1.807, 2.05) is 6.07 Å². The summed E-state index contributed by atoms with van der Waals surface area (Å²) in [7, 11) is 0. The normalized spacial score (nSPS) is 13.6. The second-order valence-electron chi connectivity index (χ2n) is 6.96. The predicted molar refractivity (Wildman–Crippen MR) is 116 cm³/mol. The molecule has 0 saturated carbocycles. The Morgan fingerprint density at radius 2 is 1.90 bits per heavy atom. The molecule has 2 aromatic rings. The van der Waals surface area contributed by atoms with Crippen molar-refractivity contribution < 1.29 is 23.8 Å². The summed E-state index contributed by atoms with van der Waals surface area (Å²) in [5.74, 6) is -1.57. The van der Waals surface area contributed by atoms with E-state index in [2.05, 4.69) is 5.32 Å². The van der Waals surface area contributed by atoms with Crippen LogP contribution in [0.2, 0.25) is 10.0 Å². The maximum absolute atomic E-state index is 12.9. The van der Waals surface area contributed by atoms with Crippen LogP contribution in [-0.2, 0) is 16.0 Å². The topological polar surface area (TPSA) is 78.9 Å². The molecular formula is C22H21Cl2FN2O4. The van der Waals surface area contributed by atoms with Crippen LogP contribution < -0.4 is 10.1 Å². The minimum absolute atomic E-state index is 0.00390. The highest BCUT2D eigenvalue weighted by Crippen LogP contribution is 2.23. The molecule has 6 nitrogen and oxygen atoms in total. The summed E-state index contributed by atoms with van der Waals surface area (Å²) in [6, 6.07) is 10.9. The lowest BCUT2D eigenvalue weighted by atomic mass is 10.1. The van der Waals surface area contributed by atoms with Crippen LogP contribution in [-0.4, -0.2) is 48.1 Å². The van der Waals surface area contributed by atoms with Gasteiger partial charge in [0.2, 0.25) is 0 Å². The molecule has 2 aromatic carbocycles. The Kier molecular flexibility index (Phi) is 7.76. The summed E-state index contributed by atoms with van der Waals surface area (Å²) in [4.78, 5) is 25.9. The highest BCUT2D eigenvalue weighted by atomic mass is 35.5. The zero-order valence-electron chi connectivity index (χ0n) is 16.5. The molecule has 1 heterocycles. The minimum atomic E-state index is -0.622. The van der Waals surface area contributed by atoms with Gasteiger partial charge < -0.3 is 20.1 Å². The van der Waals surface area contributed by atoms with Crippen molar-refractivity contribution in [3.63, 3.8) is 0 Å². The molecule has 0 aliphatic carbocycles. The van der Waals surface area contributed by atoms with Crippen molar-refractivity contribution in [2.75, 3.05) is 26.2 Å². The van der Waals surface area contributed by atoms with Gasteiger partial charge in [-0.1, -0.05) is 29.3 Å². The molecule has 9 heteroatoms. The van der Waals surface area contributed by atoms with Gasteiger partial charge in [0.25, 0.3) is 11.8 Å². The smallest absolute Gasteiger partial charge is 0.289 e. The zero-order chi connectivity index (χ0) is 22.4. The van der Waals surface area contributed by atoms with Gasteiger partial charge in [-0.3, -0.25) is 9.59 Å². The Hall–Kier alpha value is -2.77. The van der Waals surface area contributed by atoms with Gasteiger partial charge in [0.05, 0.1) is 28.7 Å². The standard InChI is InChI=1S/C22H21Cl2FN2O4/c23-18-8-3-14(12-19(18)24)2-1-9-26-21(29)17-13-27(22(30)20(17)28)10-11-31-16-6-4-15(25)5-7-16/h3-8,12,28H,1-2,9-11,13H2,(H,26,29). The molecule has 1 aliphatic heterocycles. The maximum atomic E-state index is 12.9. The second kappa shape index (κ2) is 10.5. The number of aryl methyl sites for hydroxylation is 1. The Bertz CT molecular complexity index is 996. The number of aliphatic hydroxyl groups is 1. The molecule has 0 bridgehead atoms. The van der Waals surface area contributed by atoms with Gasteiger partial charge in [-0.15, -0.1) is 0 Å². The zero-order valence-corrected chi connectivity index (χ0v) is 18.0. The first-order chi connectivity index (χ1) is 14.8. The van der Waals surface area contributed by atoms with Crippen molar-refractivity contribution in [2.45, 2.75) is 12.8 Å². The molecule has 31 heavy (non-hydrogen) atoms. The number of benzene rings is 2. The summed E-state index contributed by atoms with van der Waals surface area (Å²) in [5, 5.41) is 13.7. The average Bonchev–Trinajstić information content (AvgIpc) is 3.03. The van der Waals surface area contributed by atoms with Gasteiger partial charge in [0.15, 0.2) is 5.76 Å². The third-order valence-corrected chi connectivity index (χ3v) is 5.49. The van der Waals surface area contributed by atoms with E-state index in [0.717, 1.165) is 5.56 Å². The van der Waals surface area contributed by atoms with Crippen molar-refractivity contribution >= 4 is 35.0 Å². The number of nitrogens with zero attached hydrogens (tertiary/aromatic N) is 1. The van der Waals surface area contributed by atoms with E-state index in [1.165, 1.54) is 29.2 Å². The lowest BCUT2D eigenvalue weighted by Crippen LogP contribution is -2.33. The summed E-state index contributed by atoms with van der Waals surface area (Å²) >= 11 is 11.9. The van der Waals surface area contributed by atoms with Crippen LogP contribution in [0.3, 0.4) is 0 Å². The van der Waals surface area contributed by atoms with E-state index < -0.39 is 17.6 Å². The van der Waals surface area contributed by atoms with Crippen molar-refractivity contribution in [2.24, 2.45) is 0 Å². The lowest BCUT2D eigenvalue weighted by molar-refractivity contribution is -0.128. The molecule has 0 aromatic heterocycles. The average molecular weight is 467 g/mol. The number of hydrogen-bond donors (Lipinski definition) is 2. The molecule has 164 valence electrons. The minimum Gasteiger partial charge on any atom is -0.503 e. The lowest BCUT2D eigenvalue weighted by Gasteiger charge is -2.16. The Morgan fingerprint density at radius 1 is 1.16 bits per heavy atom. The summed E-state index contributed by atoms with van der Waals surface area (Å²) in [6.45, 7) is 0.686. The fraction of sp³-hybridized carbons (Fsp3) is 0.273. The highest BCUT2D eigenvalue weighted by molar-refractivity contribution is 6.42. The van der Waals surface area contributed by atoms with Crippen LogP contribution in [0.15, 0.2) is 53.8 Å². The van der Waals surface area contributed by atoms with Crippen molar-refractivity contribution in [1.82, 2.24) is 10.2 Å². The van der Waals surface area contributed by atoms with E-state index in [4.69, 9.17) is 27.9 Å². The number of hydrogen-bond acceptors (Lipinski definition) is 4. The molecule has 2 amide bonds. The van der Waals surface area contributed by atoms with E-state index in [1.54, 1.807) is 12.1 Å². The molecule has 0 unspecified atom stereocenters. The largest absolute Gasteiger partial charge is 0.503 e. The van der Waals surface area contributed by atoms with Crippen molar-refractivity contribution in [3.05, 3.63) is 75.2 Å². The van der Waals surface area contributed by atoms with Gasteiger partial charge >= 0.3 is 0 Å². The van der Waals surface area contributed by atoms with Crippen molar-refractivity contribution in [3.8, 4) is 5.75 Å². The molecular weight excluding hydrogens is 446 g/mol. The second-order valence-corrected chi connectivity index (χ2v) is 7.78. The Morgan fingerprint density at radius 3 is 2.61 bits per heavy atom. The quantitative estimate of drug-likeness (QED) is 0.549. The molecule has 2 N–H and O–H groups in total. The van der Waals surface area contributed by atoms with Crippen LogP contribution in [0, 0.1) is 5.82 Å². The Balaban J connectivity index is 1.42. The van der Waals surface area contributed by atoms with Crippen LogP contribution >= 0.6 is 23.2 Å². The van der Waals surface area contributed by atoms with Gasteiger partial charge in [0, 0.05) is 6.54 Å². The van der Waals surface area contributed by atoms with Gasteiger partial charge in [-0.2, -0.15) is 0 Å². The number of aliphatic hydroxyl groups excluding tert-OH is 1. The molecule has 0 atom stereocenters. The first-order valence-corrected chi connectivity index (χ1v) is 10.4. The van der Waals surface area contributed by atoms with Gasteiger partial charge in [-0.25, -0.2) is 4.39 Å². The Labute approximate surface area is 189 Å². The molecule has 0 fully saturated rings. The van der Waals surface area contributed by atoms with E-state index in [0.29, 0.717) is 35.2 Å². The fourth-order valence-corrected chi connectivity index (χ4v) is 3.40. The SMILES string of the molecule is O=C(NCCCc1ccc(Cl)c(Cl)c1)C1=C(O)C(=O)N(CCOc2ccc(F)cc2)C1. The van der Waals surface area contributed by atoms with Crippen LogP contribution in [0.1, 0.15) is 12.0 Å². The maximum Gasteiger partial charge on any atom is 0.289 e. The van der Waals surface area contributed by atoms with Gasteiger partial charge in [0.1, 0.15) is 18.2 Å².